The third-order valence-electron chi connectivity index (χ3n) is 4.04. The van der Waals surface area contributed by atoms with E-state index in [9.17, 15) is 4.79 Å². The summed E-state index contributed by atoms with van der Waals surface area (Å²) in [5.74, 6) is 0.998. The fraction of sp³-hybridized carbons (Fsp3) is 0.421. The quantitative estimate of drug-likeness (QED) is 0.931. The van der Waals surface area contributed by atoms with Gasteiger partial charge < -0.3 is 15.1 Å². The zero-order valence-corrected chi connectivity index (χ0v) is 15.1. The highest BCUT2D eigenvalue weighted by Crippen LogP contribution is 2.18. The fourth-order valence-corrected chi connectivity index (χ4v) is 2.92. The van der Waals surface area contributed by atoms with Gasteiger partial charge in [0.2, 0.25) is 0 Å². The van der Waals surface area contributed by atoms with Gasteiger partial charge in [-0.2, -0.15) is 0 Å². The van der Waals surface area contributed by atoms with E-state index in [2.05, 4.69) is 41.0 Å². The van der Waals surface area contributed by atoms with Crippen LogP contribution in [0.3, 0.4) is 0 Å². The highest BCUT2D eigenvalue weighted by molar-refractivity contribution is 5.95. The van der Waals surface area contributed by atoms with Crippen molar-refractivity contribution in [1.82, 2.24) is 14.9 Å². The first kappa shape index (κ1) is 17.2. The lowest BCUT2D eigenvalue weighted by Gasteiger charge is -2.35. The summed E-state index contributed by atoms with van der Waals surface area (Å²) in [5, 5.41) is 3.36. The van der Waals surface area contributed by atoms with E-state index >= 15 is 0 Å². The lowest BCUT2D eigenvalue weighted by Crippen LogP contribution is -2.49. The van der Waals surface area contributed by atoms with E-state index in [1.54, 1.807) is 18.6 Å². The first-order valence-corrected chi connectivity index (χ1v) is 8.61. The molecule has 0 aliphatic carbocycles. The molecule has 6 heteroatoms. The molecule has 25 heavy (non-hydrogen) atoms. The topological polar surface area (TPSA) is 61.4 Å². The summed E-state index contributed by atoms with van der Waals surface area (Å²) in [6, 6.07) is 7.78. The van der Waals surface area contributed by atoms with Gasteiger partial charge in [0.1, 0.15) is 5.82 Å². The molecule has 0 radical (unpaired) electrons. The molecule has 132 valence electrons. The molecule has 1 fully saturated rings. The van der Waals surface area contributed by atoms with Gasteiger partial charge in [-0.3, -0.25) is 9.78 Å². The van der Waals surface area contributed by atoms with Gasteiger partial charge in [0.25, 0.3) is 5.91 Å². The zero-order chi connectivity index (χ0) is 17.9. The van der Waals surface area contributed by atoms with Crippen molar-refractivity contribution >= 4 is 17.4 Å². The third kappa shape index (κ3) is 4.47. The van der Waals surface area contributed by atoms with Crippen molar-refractivity contribution in [3.63, 3.8) is 0 Å². The number of nitrogens with zero attached hydrogens (tertiary/aromatic N) is 4. The summed E-state index contributed by atoms with van der Waals surface area (Å²) in [6.45, 7) is 9.19. The molecule has 0 aromatic carbocycles. The molecule has 0 saturated carbocycles. The van der Waals surface area contributed by atoms with E-state index in [4.69, 9.17) is 0 Å². The van der Waals surface area contributed by atoms with Crippen molar-refractivity contribution in [1.29, 1.82) is 0 Å². The molecule has 3 rings (SSSR count). The van der Waals surface area contributed by atoms with Crippen molar-refractivity contribution in [2.24, 2.45) is 0 Å². The number of amides is 1. The number of hydrogen-bond donors (Lipinski definition) is 1. The average molecular weight is 339 g/mol. The van der Waals surface area contributed by atoms with Crippen LogP contribution in [0, 0.1) is 0 Å². The monoisotopic (exact) mass is 339 g/mol. The van der Waals surface area contributed by atoms with E-state index in [-0.39, 0.29) is 11.4 Å². The van der Waals surface area contributed by atoms with E-state index in [1.165, 1.54) is 0 Å². The minimum Gasteiger partial charge on any atom is -0.379 e. The Hall–Kier alpha value is -2.63. The first-order valence-electron chi connectivity index (χ1n) is 8.61. The predicted molar refractivity (Wildman–Crippen MR) is 100.0 cm³/mol. The molecule has 0 bridgehead atoms. The fourth-order valence-electron chi connectivity index (χ4n) is 2.92. The Labute approximate surface area is 148 Å². The Morgan fingerprint density at radius 1 is 1.12 bits per heavy atom. The number of carbonyl (C=O) groups excluding carboxylic acids is 1. The van der Waals surface area contributed by atoms with Crippen molar-refractivity contribution in [3.8, 4) is 0 Å². The molecular weight excluding hydrogens is 314 g/mol. The molecule has 1 N–H and O–H groups in total. The summed E-state index contributed by atoms with van der Waals surface area (Å²) in [4.78, 5) is 25.5. The van der Waals surface area contributed by atoms with Crippen LogP contribution in [0.4, 0.5) is 11.5 Å². The maximum Gasteiger partial charge on any atom is 0.255 e. The van der Waals surface area contributed by atoms with Crippen molar-refractivity contribution < 1.29 is 4.79 Å². The number of aromatic nitrogens is 2. The van der Waals surface area contributed by atoms with E-state index in [1.807, 2.05) is 29.2 Å². The van der Waals surface area contributed by atoms with Gasteiger partial charge in [-0.25, -0.2) is 4.98 Å². The van der Waals surface area contributed by atoms with Crippen molar-refractivity contribution in [2.45, 2.75) is 26.3 Å². The number of piperazine rings is 1. The molecule has 1 aliphatic heterocycles. The van der Waals surface area contributed by atoms with Gasteiger partial charge in [0, 0.05) is 50.3 Å². The Morgan fingerprint density at radius 2 is 1.88 bits per heavy atom. The van der Waals surface area contributed by atoms with Crippen LogP contribution in [0.2, 0.25) is 0 Å². The second-order valence-corrected chi connectivity index (χ2v) is 7.30. The molecule has 1 aliphatic rings. The van der Waals surface area contributed by atoms with Crippen LogP contribution in [-0.4, -0.2) is 52.5 Å². The summed E-state index contributed by atoms with van der Waals surface area (Å²) < 4.78 is 0. The van der Waals surface area contributed by atoms with Crippen LogP contribution >= 0.6 is 0 Å². The van der Waals surface area contributed by atoms with Crippen LogP contribution in [0.15, 0.2) is 42.9 Å². The predicted octanol–water partition coefficient (Wildman–Crippen LogP) is 2.65. The van der Waals surface area contributed by atoms with Crippen LogP contribution in [-0.2, 0) is 0 Å². The standard InChI is InChI=1S/C19H25N5O/c1-19(2,3)22-16-12-15(13-20-14-16)18(25)24-10-8-23(9-11-24)17-6-4-5-7-21-17/h4-7,12-14,22H,8-11H2,1-3H3. The van der Waals surface area contributed by atoms with Crippen molar-refractivity contribution in [2.75, 3.05) is 36.4 Å². The summed E-state index contributed by atoms with van der Waals surface area (Å²) in [5.41, 5.74) is 1.42. The number of rotatable bonds is 3. The summed E-state index contributed by atoms with van der Waals surface area (Å²) >= 11 is 0. The number of nitrogens with one attached hydrogen (secondary N) is 1. The minimum atomic E-state index is -0.0718. The molecule has 1 amide bonds. The van der Waals surface area contributed by atoms with Crippen LogP contribution in [0.1, 0.15) is 31.1 Å². The second kappa shape index (κ2) is 7.09. The zero-order valence-electron chi connectivity index (χ0n) is 15.1. The number of pyridine rings is 2. The molecule has 0 spiro atoms. The molecule has 1 saturated heterocycles. The Bertz CT molecular complexity index is 718. The lowest BCUT2D eigenvalue weighted by atomic mass is 10.1. The van der Waals surface area contributed by atoms with Gasteiger partial charge in [0.15, 0.2) is 0 Å². The first-order chi connectivity index (χ1) is 11.9. The van der Waals surface area contributed by atoms with Gasteiger partial charge in [-0.1, -0.05) is 6.07 Å². The van der Waals surface area contributed by atoms with Crippen LogP contribution < -0.4 is 10.2 Å². The molecule has 2 aromatic rings. The normalized spacial score (nSPS) is 15.2. The van der Waals surface area contributed by atoms with Crippen LogP contribution in [0.25, 0.3) is 0 Å². The average Bonchev–Trinajstić information content (AvgIpc) is 2.61. The second-order valence-electron chi connectivity index (χ2n) is 7.30. The number of carbonyl (C=O) groups is 1. The molecule has 0 unspecified atom stereocenters. The Morgan fingerprint density at radius 3 is 2.52 bits per heavy atom. The molecule has 6 nitrogen and oxygen atoms in total. The highest BCUT2D eigenvalue weighted by Gasteiger charge is 2.23. The van der Waals surface area contributed by atoms with E-state index in [0.29, 0.717) is 18.7 Å². The third-order valence-corrected chi connectivity index (χ3v) is 4.04. The molecule has 0 atom stereocenters. The lowest BCUT2D eigenvalue weighted by molar-refractivity contribution is 0.0746. The van der Waals surface area contributed by atoms with E-state index in [0.717, 1.165) is 24.6 Å². The maximum absolute atomic E-state index is 12.8. The SMILES string of the molecule is CC(C)(C)Nc1cncc(C(=O)N2CCN(c3ccccn3)CC2)c1. The summed E-state index contributed by atoms with van der Waals surface area (Å²) in [6.07, 6.45) is 5.19. The van der Waals surface area contributed by atoms with Gasteiger partial charge in [-0.05, 0) is 39.0 Å². The van der Waals surface area contributed by atoms with E-state index < -0.39 is 0 Å². The Balaban J connectivity index is 1.64. The van der Waals surface area contributed by atoms with Gasteiger partial charge in [-0.15, -0.1) is 0 Å². The molecular formula is C19H25N5O. The smallest absolute Gasteiger partial charge is 0.255 e. The number of hydrogen-bond acceptors (Lipinski definition) is 5. The highest BCUT2D eigenvalue weighted by atomic mass is 16.2. The van der Waals surface area contributed by atoms with Crippen molar-refractivity contribution in [3.05, 3.63) is 48.4 Å². The number of anilines is 2. The maximum atomic E-state index is 12.8. The largest absolute Gasteiger partial charge is 0.379 e. The Kier molecular flexibility index (Phi) is 4.88. The minimum absolute atomic E-state index is 0.0331. The van der Waals surface area contributed by atoms with Gasteiger partial charge >= 0.3 is 0 Å². The van der Waals surface area contributed by atoms with Crippen LogP contribution in [0.5, 0.6) is 0 Å². The van der Waals surface area contributed by atoms with Gasteiger partial charge in [0.05, 0.1) is 11.3 Å². The molecule has 3 heterocycles. The summed E-state index contributed by atoms with van der Waals surface area (Å²) in [7, 11) is 0. The molecule has 2 aromatic heterocycles.